The Bertz CT molecular complexity index is 376. The quantitative estimate of drug-likeness (QED) is 0.596. The molecule has 5 nitrogen and oxygen atoms in total. The Morgan fingerprint density at radius 1 is 1.56 bits per heavy atom. The molecule has 0 radical (unpaired) electrons. The van der Waals surface area contributed by atoms with E-state index in [4.69, 9.17) is 10.5 Å². The number of esters is 1. The summed E-state index contributed by atoms with van der Waals surface area (Å²) >= 11 is 1.25. The summed E-state index contributed by atoms with van der Waals surface area (Å²) in [5.74, 6) is -0.490. The fraction of sp³-hybridized carbons (Fsp3) is 0.400. The molecule has 3 N–H and O–H groups in total. The molecule has 6 heteroatoms. The van der Waals surface area contributed by atoms with Crippen LogP contribution in [0, 0.1) is 0 Å². The normalized spacial score (nSPS) is 9.81. The van der Waals surface area contributed by atoms with Gasteiger partial charge in [-0.3, -0.25) is 4.79 Å². The van der Waals surface area contributed by atoms with E-state index in [0.717, 1.165) is 0 Å². The van der Waals surface area contributed by atoms with Gasteiger partial charge in [-0.2, -0.15) is 0 Å². The van der Waals surface area contributed by atoms with Gasteiger partial charge < -0.3 is 15.8 Å². The van der Waals surface area contributed by atoms with Gasteiger partial charge in [0.2, 0.25) is 5.91 Å². The Kier molecular flexibility index (Phi) is 4.78. The Hall–Kier alpha value is -1.56. The van der Waals surface area contributed by atoms with Crippen molar-refractivity contribution in [2.75, 3.05) is 19.4 Å². The molecule has 1 heterocycles. The highest BCUT2D eigenvalue weighted by atomic mass is 32.1. The van der Waals surface area contributed by atoms with Crippen molar-refractivity contribution in [3.05, 3.63) is 16.3 Å². The van der Waals surface area contributed by atoms with Crippen molar-refractivity contribution < 1.29 is 14.3 Å². The monoisotopic (exact) mass is 242 g/mol. The lowest BCUT2D eigenvalue weighted by Gasteiger charge is -2.03. The van der Waals surface area contributed by atoms with Crippen LogP contribution in [0.25, 0.3) is 0 Å². The first kappa shape index (κ1) is 12.5. The zero-order valence-corrected chi connectivity index (χ0v) is 9.80. The van der Waals surface area contributed by atoms with Gasteiger partial charge in [0.15, 0.2) is 0 Å². The molecule has 0 saturated carbocycles. The Morgan fingerprint density at radius 2 is 2.31 bits per heavy atom. The van der Waals surface area contributed by atoms with Crippen LogP contribution in [0.1, 0.15) is 22.5 Å². The third-order valence-corrected chi connectivity index (χ3v) is 2.85. The molecule has 0 aliphatic carbocycles. The van der Waals surface area contributed by atoms with Gasteiger partial charge in [0, 0.05) is 13.5 Å². The van der Waals surface area contributed by atoms with E-state index < -0.39 is 5.97 Å². The average Bonchev–Trinajstić information content (AvgIpc) is 2.70. The van der Waals surface area contributed by atoms with Gasteiger partial charge in [-0.1, -0.05) is 0 Å². The van der Waals surface area contributed by atoms with Gasteiger partial charge >= 0.3 is 5.97 Å². The van der Waals surface area contributed by atoms with Crippen LogP contribution in [0.2, 0.25) is 0 Å². The maximum absolute atomic E-state index is 11.4. The molecule has 16 heavy (non-hydrogen) atoms. The standard InChI is InChI=1S/C10H14N2O3S/c1-12-8(13)3-2-5-15-10(14)9-7(11)4-6-16-9/h4,6H,2-3,5,11H2,1H3,(H,12,13). The molecular weight excluding hydrogens is 228 g/mol. The van der Waals surface area contributed by atoms with Crippen molar-refractivity contribution in [1.82, 2.24) is 5.32 Å². The first-order chi connectivity index (χ1) is 7.65. The number of rotatable bonds is 5. The number of ether oxygens (including phenoxy) is 1. The predicted octanol–water partition coefficient (Wildman–Crippen LogP) is 1.01. The Balaban J connectivity index is 2.26. The van der Waals surface area contributed by atoms with Gasteiger partial charge in [0.05, 0.1) is 12.3 Å². The number of thiophene rings is 1. The molecule has 0 aromatic carbocycles. The van der Waals surface area contributed by atoms with Crippen molar-refractivity contribution in [3.8, 4) is 0 Å². The lowest BCUT2D eigenvalue weighted by Crippen LogP contribution is -2.18. The van der Waals surface area contributed by atoms with Gasteiger partial charge in [-0.15, -0.1) is 11.3 Å². The van der Waals surface area contributed by atoms with Crippen LogP contribution in [-0.2, 0) is 9.53 Å². The molecule has 1 amide bonds. The number of carbonyl (C=O) groups excluding carboxylic acids is 2. The van der Waals surface area contributed by atoms with Crippen molar-refractivity contribution in [2.24, 2.45) is 0 Å². The van der Waals surface area contributed by atoms with Crippen LogP contribution in [0.4, 0.5) is 5.69 Å². The molecule has 0 fully saturated rings. The van der Waals surface area contributed by atoms with E-state index in [-0.39, 0.29) is 12.5 Å². The maximum atomic E-state index is 11.4. The number of hydrogen-bond acceptors (Lipinski definition) is 5. The summed E-state index contributed by atoms with van der Waals surface area (Å²) in [6.45, 7) is 0.226. The summed E-state index contributed by atoms with van der Waals surface area (Å²) < 4.78 is 4.97. The molecule has 1 aromatic heterocycles. The van der Waals surface area contributed by atoms with E-state index in [2.05, 4.69) is 5.32 Å². The number of anilines is 1. The minimum Gasteiger partial charge on any atom is -0.461 e. The van der Waals surface area contributed by atoms with Crippen LogP contribution in [0.15, 0.2) is 11.4 Å². The summed E-state index contributed by atoms with van der Waals surface area (Å²) in [6, 6.07) is 1.66. The molecule has 0 bridgehead atoms. The van der Waals surface area contributed by atoms with E-state index in [1.54, 1.807) is 18.5 Å². The first-order valence-corrected chi connectivity index (χ1v) is 5.73. The van der Waals surface area contributed by atoms with E-state index in [1.807, 2.05) is 0 Å². The highest BCUT2D eigenvalue weighted by Gasteiger charge is 2.12. The van der Waals surface area contributed by atoms with Gasteiger partial charge in [0.25, 0.3) is 0 Å². The van der Waals surface area contributed by atoms with Crippen LogP contribution in [0.3, 0.4) is 0 Å². The van der Waals surface area contributed by atoms with Crippen LogP contribution >= 0.6 is 11.3 Å². The van der Waals surface area contributed by atoms with Crippen molar-refractivity contribution in [3.63, 3.8) is 0 Å². The third kappa shape index (κ3) is 3.54. The van der Waals surface area contributed by atoms with Crippen molar-refractivity contribution in [2.45, 2.75) is 12.8 Å². The van der Waals surface area contributed by atoms with Crippen molar-refractivity contribution >= 4 is 28.9 Å². The number of nitrogen functional groups attached to an aromatic ring is 1. The number of nitrogens with one attached hydrogen (secondary N) is 1. The fourth-order valence-corrected chi connectivity index (χ4v) is 1.78. The molecule has 0 aliphatic heterocycles. The third-order valence-electron chi connectivity index (χ3n) is 1.94. The molecule has 0 spiro atoms. The predicted molar refractivity (Wildman–Crippen MR) is 62.3 cm³/mol. The summed E-state index contributed by atoms with van der Waals surface area (Å²) in [6.07, 6.45) is 0.862. The van der Waals surface area contributed by atoms with E-state index in [9.17, 15) is 9.59 Å². The van der Waals surface area contributed by atoms with Crippen LogP contribution in [-0.4, -0.2) is 25.5 Å². The molecule has 1 aromatic rings. The summed E-state index contributed by atoms with van der Waals surface area (Å²) in [5.41, 5.74) is 5.99. The summed E-state index contributed by atoms with van der Waals surface area (Å²) in [4.78, 5) is 22.7. The van der Waals surface area contributed by atoms with E-state index in [1.165, 1.54) is 11.3 Å². The smallest absolute Gasteiger partial charge is 0.350 e. The summed E-state index contributed by atoms with van der Waals surface area (Å²) in [5, 5.41) is 4.22. The lowest BCUT2D eigenvalue weighted by atomic mass is 10.3. The number of nitrogens with two attached hydrogens (primary N) is 1. The van der Waals surface area contributed by atoms with E-state index >= 15 is 0 Å². The van der Waals surface area contributed by atoms with Crippen LogP contribution < -0.4 is 11.1 Å². The molecule has 0 saturated heterocycles. The largest absolute Gasteiger partial charge is 0.461 e. The molecule has 88 valence electrons. The zero-order valence-electron chi connectivity index (χ0n) is 8.99. The second-order valence-corrected chi connectivity index (χ2v) is 4.03. The fourth-order valence-electron chi connectivity index (χ4n) is 1.07. The Labute approximate surface area is 97.6 Å². The maximum Gasteiger partial charge on any atom is 0.350 e. The second kappa shape index (κ2) is 6.12. The highest BCUT2D eigenvalue weighted by Crippen LogP contribution is 2.19. The first-order valence-electron chi connectivity index (χ1n) is 4.86. The topological polar surface area (TPSA) is 81.4 Å². The molecule has 0 atom stereocenters. The van der Waals surface area contributed by atoms with Crippen molar-refractivity contribution in [1.29, 1.82) is 0 Å². The molecular formula is C10H14N2O3S. The number of hydrogen-bond donors (Lipinski definition) is 2. The molecule has 0 aliphatic rings. The zero-order chi connectivity index (χ0) is 12.0. The average molecular weight is 242 g/mol. The number of amides is 1. The van der Waals surface area contributed by atoms with Gasteiger partial charge in [0.1, 0.15) is 4.88 Å². The molecule has 0 unspecified atom stereocenters. The minimum atomic E-state index is -0.426. The minimum absolute atomic E-state index is 0.0633. The van der Waals surface area contributed by atoms with Gasteiger partial charge in [-0.05, 0) is 17.9 Å². The Morgan fingerprint density at radius 3 is 2.88 bits per heavy atom. The van der Waals surface area contributed by atoms with Gasteiger partial charge in [-0.25, -0.2) is 4.79 Å². The summed E-state index contributed by atoms with van der Waals surface area (Å²) in [7, 11) is 1.57. The van der Waals surface area contributed by atoms with Crippen LogP contribution in [0.5, 0.6) is 0 Å². The second-order valence-electron chi connectivity index (χ2n) is 3.12. The number of carbonyl (C=O) groups is 2. The molecule has 1 rings (SSSR count). The SMILES string of the molecule is CNC(=O)CCCOC(=O)c1sccc1N. The highest BCUT2D eigenvalue weighted by molar-refractivity contribution is 7.12. The lowest BCUT2D eigenvalue weighted by molar-refractivity contribution is -0.120. The van der Waals surface area contributed by atoms with E-state index in [0.29, 0.717) is 23.4 Å².